The van der Waals surface area contributed by atoms with Gasteiger partial charge in [-0.1, -0.05) is 15.9 Å². The molecule has 0 atom stereocenters. The van der Waals surface area contributed by atoms with Crippen LogP contribution in [0.2, 0.25) is 0 Å². The first-order valence-electron chi connectivity index (χ1n) is 4.07. The SMILES string of the molecule is Cn1cnc2cc(C(F)(F)F)c(Br)cc21. The highest BCUT2D eigenvalue weighted by Gasteiger charge is 2.33. The summed E-state index contributed by atoms with van der Waals surface area (Å²) in [7, 11) is 1.73. The zero-order valence-electron chi connectivity index (χ0n) is 7.64. The van der Waals surface area contributed by atoms with Crippen LogP contribution in [-0.4, -0.2) is 9.55 Å². The van der Waals surface area contributed by atoms with Crippen LogP contribution < -0.4 is 0 Å². The number of fused-ring (bicyclic) bond motifs is 1. The minimum absolute atomic E-state index is 0.0334. The van der Waals surface area contributed by atoms with Gasteiger partial charge in [0.2, 0.25) is 0 Å². The number of hydrogen-bond donors (Lipinski definition) is 0. The van der Waals surface area contributed by atoms with Crippen LogP contribution >= 0.6 is 15.9 Å². The lowest BCUT2D eigenvalue weighted by atomic mass is 10.2. The Morgan fingerprint density at radius 2 is 2.00 bits per heavy atom. The summed E-state index contributed by atoms with van der Waals surface area (Å²) in [6, 6.07) is 2.46. The number of hydrogen-bond acceptors (Lipinski definition) is 1. The number of benzene rings is 1. The van der Waals surface area contributed by atoms with Crippen molar-refractivity contribution in [2.75, 3.05) is 0 Å². The summed E-state index contributed by atoms with van der Waals surface area (Å²) in [6.45, 7) is 0. The van der Waals surface area contributed by atoms with Gasteiger partial charge in [-0.3, -0.25) is 0 Å². The molecule has 2 aromatic rings. The molecule has 1 aromatic heterocycles. The number of imidazole rings is 1. The quantitative estimate of drug-likeness (QED) is 0.723. The van der Waals surface area contributed by atoms with Crippen molar-refractivity contribution < 1.29 is 13.2 Å². The number of alkyl halides is 3. The molecule has 0 fully saturated rings. The topological polar surface area (TPSA) is 17.8 Å². The molecular weight excluding hydrogens is 273 g/mol. The molecule has 0 aliphatic carbocycles. The Balaban J connectivity index is 2.74. The molecule has 80 valence electrons. The lowest BCUT2D eigenvalue weighted by Gasteiger charge is -2.08. The second-order valence-corrected chi connectivity index (χ2v) is 4.03. The van der Waals surface area contributed by atoms with Crippen LogP contribution in [0.1, 0.15) is 5.56 Å². The third-order valence-corrected chi connectivity index (χ3v) is 2.78. The Bertz CT molecular complexity index is 516. The number of aryl methyl sites for hydroxylation is 1. The minimum atomic E-state index is -4.36. The van der Waals surface area contributed by atoms with Gasteiger partial charge in [0.1, 0.15) is 0 Å². The van der Waals surface area contributed by atoms with E-state index >= 15 is 0 Å². The van der Waals surface area contributed by atoms with Gasteiger partial charge in [0.15, 0.2) is 0 Å². The molecule has 0 amide bonds. The fourth-order valence-electron chi connectivity index (χ4n) is 1.37. The van der Waals surface area contributed by atoms with Crippen molar-refractivity contribution in [1.82, 2.24) is 9.55 Å². The van der Waals surface area contributed by atoms with E-state index in [0.29, 0.717) is 11.0 Å². The number of nitrogens with zero attached hydrogens (tertiary/aromatic N) is 2. The van der Waals surface area contributed by atoms with E-state index in [2.05, 4.69) is 20.9 Å². The van der Waals surface area contributed by atoms with E-state index in [1.165, 1.54) is 12.4 Å². The number of aromatic nitrogens is 2. The molecule has 1 heterocycles. The maximum absolute atomic E-state index is 12.5. The largest absolute Gasteiger partial charge is 0.417 e. The van der Waals surface area contributed by atoms with Crippen LogP contribution in [0.25, 0.3) is 11.0 Å². The average molecular weight is 279 g/mol. The first-order valence-corrected chi connectivity index (χ1v) is 4.86. The van der Waals surface area contributed by atoms with E-state index in [1.807, 2.05) is 0 Å². The molecule has 15 heavy (non-hydrogen) atoms. The van der Waals surface area contributed by atoms with Gasteiger partial charge >= 0.3 is 6.18 Å². The zero-order chi connectivity index (χ0) is 11.2. The lowest BCUT2D eigenvalue weighted by molar-refractivity contribution is -0.138. The van der Waals surface area contributed by atoms with Gasteiger partial charge in [0, 0.05) is 11.5 Å². The Kier molecular flexibility index (Phi) is 2.26. The van der Waals surface area contributed by atoms with Gasteiger partial charge in [-0.15, -0.1) is 0 Å². The lowest BCUT2D eigenvalue weighted by Crippen LogP contribution is -2.06. The van der Waals surface area contributed by atoms with Gasteiger partial charge in [0.25, 0.3) is 0 Å². The van der Waals surface area contributed by atoms with E-state index in [9.17, 15) is 13.2 Å². The van der Waals surface area contributed by atoms with Crippen molar-refractivity contribution in [2.24, 2.45) is 7.05 Å². The smallest absolute Gasteiger partial charge is 0.334 e. The van der Waals surface area contributed by atoms with Crippen molar-refractivity contribution in [3.05, 3.63) is 28.5 Å². The molecule has 0 spiro atoms. The Morgan fingerprint density at radius 3 is 2.60 bits per heavy atom. The van der Waals surface area contributed by atoms with Crippen LogP contribution in [0.15, 0.2) is 22.9 Å². The Hall–Kier alpha value is -1.04. The van der Waals surface area contributed by atoms with Gasteiger partial charge in [-0.2, -0.15) is 13.2 Å². The minimum Gasteiger partial charge on any atom is -0.334 e. The summed E-state index contributed by atoms with van der Waals surface area (Å²) in [4.78, 5) is 3.88. The molecular formula is C9H6BrF3N2. The molecule has 0 aliphatic rings. The summed E-state index contributed by atoms with van der Waals surface area (Å²) in [5.74, 6) is 0. The van der Waals surface area contributed by atoms with Crippen molar-refractivity contribution in [2.45, 2.75) is 6.18 Å². The Labute approximate surface area is 91.8 Å². The number of rotatable bonds is 0. The zero-order valence-corrected chi connectivity index (χ0v) is 9.22. The van der Waals surface area contributed by atoms with Crippen LogP contribution in [0.5, 0.6) is 0 Å². The molecule has 6 heteroatoms. The van der Waals surface area contributed by atoms with E-state index in [-0.39, 0.29) is 4.47 Å². The van der Waals surface area contributed by atoms with E-state index < -0.39 is 11.7 Å². The summed E-state index contributed by atoms with van der Waals surface area (Å²) >= 11 is 2.91. The molecule has 2 rings (SSSR count). The molecule has 1 aromatic carbocycles. The molecule has 0 N–H and O–H groups in total. The van der Waals surface area contributed by atoms with Crippen molar-refractivity contribution >= 4 is 27.0 Å². The van der Waals surface area contributed by atoms with Gasteiger partial charge < -0.3 is 4.57 Å². The monoisotopic (exact) mass is 278 g/mol. The van der Waals surface area contributed by atoms with Gasteiger partial charge in [-0.25, -0.2) is 4.98 Å². The highest BCUT2D eigenvalue weighted by atomic mass is 79.9. The molecule has 0 bridgehead atoms. The van der Waals surface area contributed by atoms with Crippen LogP contribution in [-0.2, 0) is 13.2 Å². The molecule has 2 nitrogen and oxygen atoms in total. The normalized spacial score (nSPS) is 12.3. The van der Waals surface area contributed by atoms with Crippen LogP contribution in [0.3, 0.4) is 0 Å². The van der Waals surface area contributed by atoms with E-state index in [1.54, 1.807) is 11.6 Å². The summed E-state index contributed by atoms with van der Waals surface area (Å²) in [5.41, 5.74) is 0.302. The maximum Gasteiger partial charge on any atom is 0.417 e. The summed E-state index contributed by atoms with van der Waals surface area (Å²) in [6.07, 6.45) is -2.87. The van der Waals surface area contributed by atoms with Crippen molar-refractivity contribution in [3.8, 4) is 0 Å². The van der Waals surface area contributed by atoms with E-state index in [4.69, 9.17) is 0 Å². The average Bonchev–Trinajstić information content (AvgIpc) is 2.45. The highest BCUT2D eigenvalue weighted by molar-refractivity contribution is 9.10. The predicted octanol–water partition coefficient (Wildman–Crippen LogP) is 3.35. The first-order chi connectivity index (χ1) is 6.89. The number of halogens is 4. The van der Waals surface area contributed by atoms with Gasteiger partial charge in [-0.05, 0) is 12.1 Å². The Morgan fingerprint density at radius 1 is 1.33 bits per heavy atom. The molecule has 0 saturated heterocycles. The van der Waals surface area contributed by atoms with E-state index in [0.717, 1.165) is 6.07 Å². The molecule has 0 saturated carbocycles. The maximum atomic E-state index is 12.5. The second-order valence-electron chi connectivity index (χ2n) is 3.17. The molecule has 0 unspecified atom stereocenters. The highest BCUT2D eigenvalue weighted by Crippen LogP contribution is 2.36. The van der Waals surface area contributed by atoms with Gasteiger partial charge in [0.05, 0.1) is 22.9 Å². The first kappa shape index (κ1) is 10.5. The fraction of sp³-hybridized carbons (Fsp3) is 0.222. The van der Waals surface area contributed by atoms with Crippen LogP contribution in [0, 0.1) is 0 Å². The van der Waals surface area contributed by atoms with Crippen LogP contribution in [0.4, 0.5) is 13.2 Å². The molecule has 0 radical (unpaired) electrons. The van der Waals surface area contributed by atoms with Crippen molar-refractivity contribution in [1.29, 1.82) is 0 Å². The fourth-order valence-corrected chi connectivity index (χ4v) is 1.92. The van der Waals surface area contributed by atoms with Crippen molar-refractivity contribution in [3.63, 3.8) is 0 Å². The third kappa shape index (κ3) is 1.73. The summed E-state index contributed by atoms with van der Waals surface area (Å²) < 4.78 is 39.3. The second kappa shape index (κ2) is 3.23. The standard InChI is InChI=1S/C9H6BrF3N2/c1-15-4-14-7-2-5(9(11,12)13)6(10)3-8(7)15/h2-4H,1H3. The summed E-state index contributed by atoms with van der Waals surface area (Å²) in [5, 5.41) is 0. The predicted molar refractivity (Wildman–Crippen MR) is 53.4 cm³/mol. The molecule has 0 aliphatic heterocycles. The third-order valence-electron chi connectivity index (χ3n) is 2.12.